The lowest BCUT2D eigenvalue weighted by atomic mass is 9.71. The molecule has 0 saturated heterocycles. The van der Waals surface area contributed by atoms with Gasteiger partial charge in [-0.15, -0.1) is 0 Å². The Labute approximate surface area is 270 Å². The summed E-state index contributed by atoms with van der Waals surface area (Å²) in [5, 5.41) is 1.27. The molecule has 1 unspecified atom stereocenters. The summed E-state index contributed by atoms with van der Waals surface area (Å²) in [4.78, 5) is 5.02. The van der Waals surface area contributed by atoms with Gasteiger partial charge in [0.05, 0.1) is 18.5 Å². The molecule has 6 rings (SSSR count). The van der Waals surface area contributed by atoms with Crippen LogP contribution in [0.5, 0.6) is 11.5 Å². The van der Waals surface area contributed by atoms with Crippen LogP contribution in [0.2, 0.25) is 5.02 Å². The molecule has 1 heterocycles. The second-order valence-corrected chi connectivity index (χ2v) is 12.8. The van der Waals surface area contributed by atoms with E-state index in [0.29, 0.717) is 15.9 Å². The van der Waals surface area contributed by atoms with Crippen LogP contribution in [0.15, 0.2) is 84.0 Å². The first-order valence-electron chi connectivity index (χ1n) is 14.7. The lowest BCUT2D eigenvalue weighted by molar-refractivity contribution is 0.288. The molecular weight excluding hydrogens is 617 g/mol. The fraction of sp³-hybridized carbons (Fsp3) is 0.250. The van der Waals surface area contributed by atoms with Crippen LogP contribution < -0.4 is 9.47 Å². The first-order chi connectivity index (χ1) is 21.7. The summed E-state index contributed by atoms with van der Waals surface area (Å²) in [5.41, 5.74) is 5.01. The average Bonchev–Trinajstić information content (AvgIpc) is 3.42. The van der Waals surface area contributed by atoms with E-state index >= 15 is 8.78 Å². The van der Waals surface area contributed by atoms with Gasteiger partial charge in [0.2, 0.25) is 0 Å². The largest absolute Gasteiger partial charge is 0.497 e. The van der Waals surface area contributed by atoms with Crippen molar-refractivity contribution >= 4 is 23.4 Å². The molecule has 1 aliphatic rings. The molecule has 1 aromatic heterocycles. The Hall–Kier alpha value is -3.88. The summed E-state index contributed by atoms with van der Waals surface area (Å²) in [6.45, 7) is 4.28. The van der Waals surface area contributed by atoms with Crippen molar-refractivity contribution in [2.75, 3.05) is 7.11 Å². The maximum atomic E-state index is 15.7. The number of aryl methyl sites for hydroxylation is 2. The van der Waals surface area contributed by atoms with Crippen molar-refractivity contribution in [3.05, 3.63) is 135 Å². The van der Waals surface area contributed by atoms with Gasteiger partial charge < -0.3 is 9.47 Å². The van der Waals surface area contributed by atoms with Gasteiger partial charge in [-0.05, 0) is 104 Å². The predicted octanol–water partition coefficient (Wildman–Crippen LogP) is 9.77. The Bertz CT molecular complexity index is 1840. The minimum absolute atomic E-state index is 0.0226. The summed E-state index contributed by atoms with van der Waals surface area (Å²) >= 11 is 7.62. The lowest BCUT2D eigenvalue weighted by Crippen LogP contribution is -2.31. The SMILES string of the molecule is COc1ccc(COc2ccc(F)c(CSc3nc4c(n3-c3ccc(F)cc3)C(C)(c3ccc(Cl)c(C)c3)CCC4)c2F)cc1. The van der Waals surface area contributed by atoms with E-state index in [4.69, 9.17) is 26.1 Å². The Morgan fingerprint density at radius 1 is 0.978 bits per heavy atom. The molecule has 0 fully saturated rings. The summed E-state index contributed by atoms with van der Waals surface area (Å²) in [7, 11) is 1.58. The number of aromatic nitrogens is 2. The summed E-state index contributed by atoms with van der Waals surface area (Å²) < 4.78 is 57.8. The number of imidazole rings is 1. The van der Waals surface area contributed by atoms with E-state index in [1.54, 1.807) is 31.4 Å². The monoisotopic (exact) mass is 648 g/mol. The summed E-state index contributed by atoms with van der Waals surface area (Å²) in [6, 6.07) is 22.1. The zero-order valence-electron chi connectivity index (χ0n) is 25.2. The molecule has 45 heavy (non-hydrogen) atoms. The molecule has 1 atom stereocenters. The lowest BCUT2D eigenvalue weighted by Gasteiger charge is -2.36. The molecule has 0 aliphatic heterocycles. The Morgan fingerprint density at radius 2 is 1.73 bits per heavy atom. The van der Waals surface area contributed by atoms with Crippen molar-refractivity contribution in [3.8, 4) is 17.2 Å². The van der Waals surface area contributed by atoms with Crippen molar-refractivity contribution in [1.82, 2.24) is 9.55 Å². The highest BCUT2D eigenvalue weighted by atomic mass is 35.5. The highest BCUT2D eigenvalue weighted by molar-refractivity contribution is 7.98. The van der Waals surface area contributed by atoms with Crippen molar-refractivity contribution in [1.29, 1.82) is 0 Å². The number of rotatable bonds is 9. The molecule has 5 aromatic rings. The van der Waals surface area contributed by atoms with Crippen LogP contribution in [-0.4, -0.2) is 16.7 Å². The minimum Gasteiger partial charge on any atom is -0.497 e. The Kier molecular flexibility index (Phi) is 8.89. The number of hydrogen-bond donors (Lipinski definition) is 0. The van der Waals surface area contributed by atoms with E-state index in [-0.39, 0.29) is 29.5 Å². The van der Waals surface area contributed by atoms with Crippen molar-refractivity contribution in [2.24, 2.45) is 0 Å². The Balaban J connectivity index is 1.35. The van der Waals surface area contributed by atoms with Crippen LogP contribution in [0, 0.1) is 24.4 Å². The van der Waals surface area contributed by atoms with Gasteiger partial charge in [-0.25, -0.2) is 18.2 Å². The van der Waals surface area contributed by atoms with Gasteiger partial charge in [0.15, 0.2) is 16.7 Å². The normalized spacial score (nSPS) is 16.0. The maximum absolute atomic E-state index is 15.7. The first-order valence-corrected chi connectivity index (χ1v) is 16.0. The molecule has 0 amide bonds. The van der Waals surface area contributed by atoms with Gasteiger partial charge in [0, 0.05) is 27.4 Å². The number of fused-ring (bicyclic) bond motifs is 1. The van der Waals surface area contributed by atoms with Crippen LogP contribution in [0.3, 0.4) is 0 Å². The Morgan fingerprint density at radius 3 is 2.44 bits per heavy atom. The van der Waals surface area contributed by atoms with E-state index in [0.717, 1.165) is 53.0 Å². The molecule has 0 bridgehead atoms. The summed E-state index contributed by atoms with van der Waals surface area (Å²) in [5.74, 6) is -1.12. The number of halogens is 4. The van der Waals surface area contributed by atoms with Crippen LogP contribution in [-0.2, 0) is 24.2 Å². The van der Waals surface area contributed by atoms with Crippen LogP contribution >= 0.6 is 23.4 Å². The predicted molar refractivity (Wildman–Crippen MR) is 172 cm³/mol. The number of benzene rings is 4. The number of thioether (sulfide) groups is 1. The third-order valence-corrected chi connectivity index (χ3v) is 9.85. The number of ether oxygens (including phenoxy) is 2. The molecule has 0 N–H and O–H groups in total. The third kappa shape index (κ3) is 6.18. The van der Waals surface area contributed by atoms with Gasteiger partial charge in [0.25, 0.3) is 0 Å². The maximum Gasteiger partial charge on any atom is 0.173 e. The molecule has 0 saturated carbocycles. The van der Waals surface area contributed by atoms with E-state index in [2.05, 4.69) is 13.0 Å². The van der Waals surface area contributed by atoms with Gasteiger partial charge >= 0.3 is 0 Å². The van der Waals surface area contributed by atoms with E-state index in [1.807, 2.05) is 35.8 Å². The zero-order valence-corrected chi connectivity index (χ0v) is 26.7. The van der Waals surface area contributed by atoms with Crippen molar-refractivity contribution in [2.45, 2.75) is 56.0 Å². The van der Waals surface area contributed by atoms with Gasteiger partial charge in [-0.2, -0.15) is 0 Å². The second-order valence-electron chi connectivity index (χ2n) is 11.4. The second kappa shape index (κ2) is 12.9. The smallest absolute Gasteiger partial charge is 0.173 e. The minimum atomic E-state index is -0.748. The van der Waals surface area contributed by atoms with Crippen molar-refractivity contribution in [3.63, 3.8) is 0 Å². The molecule has 9 heteroatoms. The van der Waals surface area contributed by atoms with E-state index in [1.165, 1.54) is 36.0 Å². The standard InChI is InChI=1S/C36H32ClF3N2O2S/c1-22-19-24(8-15-29(22)37)36(2)18-4-5-31-34(36)42(26-11-9-25(38)10-12-26)35(41-31)45-21-28-30(39)16-17-32(33(28)40)44-20-23-6-13-27(43-3)14-7-23/h6-17,19H,4-5,18,20-21H2,1-3H3. The van der Waals surface area contributed by atoms with Crippen LogP contribution in [0.25, 0.3) is 5.69 Å². The zero-order chi connectivity index (χ0) is 31.7. The quantitative estimate of drug-likeness (QED) is 0.149. The molecule has 0 radical (unpaired) electrons. The van der Waals surface area contributed by atoms with Gasteiger partial charge in [0.1, 0.15) is 24.0 Å². The topological polar surface area (TPSA) is 36.3 Å². The molecule has 4 aromatic carbocycles. The number of nitrogens with zero attached hydrogens (tertiary/aromatic N) is 2. The third-order valence-electron chi connectivity index (χ3n) is 8.46. The first kappa shape index (κ1) is 31.1. The number of methoxy groups -OCH3 is 1. The van der Waals surface area contributed by atoms with Crippen molar-refractivity contribution < 1.29 is 22.6 Å². The van der Waals surface area contributed by atoms with E-state index in [9.17, 15) is 4.39 Å². The average molecular weight is 649 g/mol. The molecule has 1 aliphatic carbocycles. The van der Waals surface area contributed by atoms with Gasteiger partial charge in [-0.1, -0.05) is 47.6 Å². The molecular formula is C36H32ClF3N2O2S. The van der Waals surface area contributed by atoms with Crippen LogP contribution in [0.4, 0.5) is 13.2 Å². The summed E-state index contributed by atoms with van der Waals surface area (Å²) in [6.07, 6.45) is 2.55. The number of hydrogen-bond acceptors (Lipinski definition) is 4. The highest BCUT2D eigenvalue weighted by Gasteiger charge is 2.39. The molecule has 0 spiro atoms. The van der Waals surface area contributed by atoms with Crippen LogP contribution in [0.1, 0.15) is 53.4 Å². The molecule has 4 nitrogen and oxygen atoms in total. The fourth-order valence-corrected chi connectivity index (χ4v) is 7.10. The highest BCUT2D eigenvalue weighted by Crippen LogP contribution is 2.46. The van der Waals surface area contributed by atoms with E-state index < -0.39 is 17.0 Å². The molecule has 232 valence electrons. The van der Waals surface area contributed by atoms with Gasteiger partial charge in [-0.3, -0.25) is 4.57 Å². The fourth-order valence-electron chi connectivity index (χ4n) is 5.95.